The van der Waals surface area contributed by atoms with Gasteiger partial charge in [-0.3, -0.25) is 14.9 Å². The lowest BCUT2D eigenvalue weighted by molar-refractivity contribution is -0.137. The first-order valence-electron chi connectivity index (χ1n) is 8.96. The zero-order valence-corrected chi connectivity index (χ0v) is 15.2. The van der Waals surface area contributed by atoms with Gasteiger partial charge < -0.3 is 15.7 Å². The van der Waals surface area contributed by atoms with Gasteiger partial charge in [0.05, 0.1) is 30.7 Å². The van der Waals surface area contributed by atoms with Gasteiger partial charge in [-0.2, -0.15) is 13.2 Å². The van der Waals surface area contributed by atoms with E-state index in [2.05, 4.69) is 16.0 Å². The average molecular weight is 407 g/mol. The summed E-state index contributed by atoms with van der Waals surface area (Å²) in [5, 5.41) is 18.0. The molecule has 1 fully saturated rings. The summed E-state index contributed by atoms with van der Waals surface area (Å²) < 4.78 is 38.1. The molecule has 3 atom stereocenters. The monoisotopic (exact) mass is 407 g/mol. The summed E-state index contributed by atoms with van der Waals surface area (Å²) in [5.41, 5.74) is 0.286. The van der Waals surface area contributed by atoms with E-state index >= 15 is 0 Å². The lowest BCUT2D eigenvalue weighted by atomic mass is 10.0. The summed E-state index contributed by atoms with van der Waals surface area (Å²) in [5.74, 6) is -0.840. The Morgan fingerprint density at radius 1 is 1.14 bits per heavy atom. The van der Waals surface area contributed by atoms with Gasteiger partial charge in [0.15, 0.2) is 0 Å². The number of carbonyl (C=O) groups is 2. The number of amides is 2. The van der Waals surface area contributed by atoms with Crippen LogP contribution >= 0.6 is 0 Å². The van der Waals surface area contributed by atoms with Gasteiger partial charge in [-0.25, -0.2) is 0 Å². The van der Waals surface area contributed by atoms with Crippen molar-refractivity contribution in [3.63, 3.8) is 0 Å². The standard InChI is InChI=1S/C20H20F3N3O3/c21-20(22,23)14-8-6-12(7-9-14)16(11-27)25-19(29)15-10-17(28)26-18(24-15)13-4-2-1-3-5-13/h1-9,15-16,18,24,27H,10-11H2,(H,25,29)(H,26,28). The average Bonchev–Trinajstić information content (AvgIpc) is 2.71. The van der Waals surface area contributed by atoms with Crippen LogP contribution in [0, 0.1) is 0 Å². The van der Waals surface area contributed by atoms with E-state index in [-0.39, 0.29) is 12.3 Å². The van der Waals surface area contributed by atoms with Gasteiger partial charge in [0, 0.05) is 0 Å². The topological polar surface area (TPSA) is 90.5 Å². The van der Waals surface area contributed by atoms with Crippen molar-refractivity contribution < 1.29 is 27.9 Å². The molecular weight excluding hydrogens is 387 g/mol. The third-order valence-electron chi connectivity index (χ3n) is 4.65. The molecule has 3 rings (SSSR count). The first-order chi connectivity index (χ1) is 13.8. The molecule has 0 bridgehead atoms. The Hall–Kier alpha value is -2.91. The Kier molecular flexibility index (Phi) is 6.19. The van der Waals surface area contributed by atoms with Gasteiger partial charge in [-0.1, -0.05) is 42.5 Å². The summed E-state index contributed by atoms with van der Waals surface area (Å²) in [6.07, 6.45) is -5.12. The molecule has 2 aromatic carbocycles. The summed E-state index contributed by atoms with van der Waals surface area (Å²) >= 11 is 0. The molecule has 29 heavy (non-hydrogen) atoms. The van der Waals surface area contributed by atoms with Gasteiger partial charge in [-0.05, 0) is 23.3 Å². The zero-order chi connectivity index (χ0) is 21.0. The molecule has 154 valence electrons. The van der Waals surface area contributed by atoms with E-state index in [1.54, 1.807) is 24.3 Å². The van der Waals surface area contributed by atoms with Crippen molar-refractivity contribution in [2.45, 2.75) is 30.8 Å². The number of benzene rings is 2. The Balaban J connectivity index is 1.69. The Morgan fingerprint density at radius 2 is 1.79 bits per heavy atom. The van der Waals surface area contributed by atoms with Gasteiger partial charge in [0.25, 0.3) is 0 Å². The molecule has 3 unspecified atom stereocenters. The lowest BCUT2D eigenvalue weighted by Gasteiger charge is -2.32. The van der Waals surface area contributed by atoms with Crippen LogP contribution in [0.2, 0.25) is 0 Å². The summed E-state index contributed by atoms with van der Waals surface area (Å²) in [6.45, 7) is -0.502. The molecule has 4 N–H and O–H groups in total. The minimum Gasteiger partial charge on any atom is -0.394 e. The van der Waals surface area contributed by atoms with E-state index in [1.165, 1.54) is 12.1 Å². The largest absolute Gasteiger partial charge is 0.416 e. The summed E-state index contributed by atoms with van der Waals surface area (Å²) in [7, 11) is 0. The van der Waals surface area contributed by atoms with Crippen LogP contribution in [-0.4, -0.2) is 29.6 Å². The van der Waals surface area contributed by atoms with Crippen molar-refractivity contribution in [2.24, 2.45) is 0 Å². The fourth-order valence-electron chi connectivity index (χ4n) is 3.11. The minimum atomic E-state index is -4.47. The molecule has 2 amide bonds. The molecule has 6 nitrogen and oxygen atoms in total. The second kappa shape index (κ2) is 8.62. The lowest BCUT2D eigenvalue weighted by Crippen LogP contribution is -2.56. The van der Waals surface area contributed by atoms with Crippen LogP contribution in [0.25, 0.3) is 0 Å². The van der Waals surface area contributed by atoms with Crippen molar-refractivity contribution >= 4 is 11.8 Å². The Bertz CT molecular complexity index is 857. The second-order valence-corrected chi connectivity index (χ2v) is 6.70. The molecule has 1 saturated heterocycles. The van der Waals surface area contributed by atoms with Crippen molar-refractivity contribution in [3.8, 4) is 0 Å². The van der Waals surface area contributed by atoms with Crippen LogP contribution in [0.1, 0.15) is 35.3 Å². The van der Waals surface area contributed by atoms with E-state index in [0.29, 0.717) is 5.56 Å². The maximum atomic E-state index is 12.7. The number of nitrogens with one attached hydrogen (secondary N) is 3. The maximum Gasteiger partial charge on any atom is 0.416 e. The summed E-state index contributed by atoms with van der Waals surface area (Å²) in [6, 6.07) is 11.5. The molecule has 0 saturated carbocycles. The molecular formula is C20H20F3N3O3. The van der Waals surface area contributed by atoms with E-state index in [1.807, 2.05) is 6.07 Å². The first kappa shape index (κ1) is 20.8. The van der Waals surface area contributed by atoms with Crippen LogP contribution in [0.15, 0.2) is 54.6 Å². The number of rotatable bonds is 5. The maximum absolute atomic E-state index is 12.7. The molecule has 2 aromatic rings. The minimum absolute atomic E-state index is 0.0969. The molecule has 0 spiro atoms. The number of halogens is 3. The third-order valence-corrected chi connectivity index (χ3v) is 4.65. The van der Waals surface area contributed by atoms with Crippen LogP contribution in [0.3, 0.4) is 0 Å². The second-order valence-electron chi connectivity index (χ2n) is 6.70. The van der Waals surface area contributed by atoms with Crippen LogP contribution in [0.5, 0.6) is 0 Å². The molecule has 9 heteroatoms. The number of hydrogen-bond donors (Lipinski definition) is 4. The third kappa shape index (κ3) is 5.12. The first-order valence-corrected chi connectivity index (χ1v) is 8.96. The number of aliphatic hydroxyl groups is 1. The fourth-order valence-corrected chi connectivity index (χ4v) is 3.11. The van der Waals surface area contributed by atoms with Gasteiger partial charge >= 0.3 is 6.18 Å². The Labute approximate surface area is 165 Å². The highest BCUT2D eigenvalue weighted by Crippen LogP contribution is 2.30. The number of carbonyl (C=O) groups excluding carboxylic acids is 2. The molecule has 0 radical (unpaired) electrons. The van der Waals surface area contributed by atoms with Gasteiger partial charge in [0.1, 0.15) is 6.17 Å². The van der Waals surface area contributed by atoms with Crippen LogP contribution in [-0.2, 0) is 15.8 Å². The Morgan fingerprint density at radius 3 is 2.38 bits per heavy atom. The highest BCUT2D eigenvalue weighted by atomic mass is 19.4. The van der Waals surface area contributed by atoms with E-state index < -0.39 is 42.5 Å². The van der Waals surface area contributed by atoms with Crippen molar-refractivity contribution in [2.75, 3.05) is 6.61 Å². The number of hydrogen-bond acceptors (Lipinski definition) is 4. The van der Waals surface area contributed by atoms with Crippen molar-refractivity contribution in [3.05, 3.63) is 71.3 Å². The van der Waals surface area contributed by atoms with Crippen LogP contribution in [0.4, 0.5) is 13.2 Å². The predicted molar refractivity (Wildman–Crippen MR) is 98.3 cm³/mol. The zero-order valence-electron chi connectivity index (χ0n) is 15.2. The molecule has 1 aliphatic rings. The molecule has 0 aliphatic carbocycles. The molecule has 0 aromatic heterocycles. The van der Waals surface area contributed by atoms with E-state index in [4.69, 9.17) is 0 Å². The SMILES string of the molecule is O=C1CC(C(=O)NC(CO)c2ccc(C(F)(F)F)cc2)NC(c2ccccc2)N1. The smallest absolute Gasteiger partial charge is 0.394 e. The predicted octanol–water partition coefficient (Wildman–Crippen LogP) is 2.03. The van der Waals surface area contributed by atoms with Gasteiger partial charge in [0.2, 0.25) is 11.8 Å². The number of alkyl halides is 3. The van der Waals surface area contributed by atoms with Crippen LogP contribution < -0.4 is 16.0 Å². The molecule has 1 heterocycles. The van der Waals surface area contributed by atoms with Crippen molar-refractivity contribution in [1.29, 1.82) is 0 Å². The fraction of sp³-hybridized carbons (Fsp3) is 0.300. The van der Waals surface area contributed by atoms with Crippen molar-refractivity contribution in [1.82, 2.24) is 16.0 Å². The van der Waals surface area contributed by atoms with Gasteiger partial charge in [-0.15, -0.1) is 0 Å². The highest BCUT2D eigenvalue weighted by molar-refractivity contribution is 5.89. The summed E-state index contributed by atoms with van der Waals surface area (Å²) in [4.78, 5) is 24.7. The molecule has 1 aliphatic heterocycles. The quantitative estimate of drug-likeness (QED) is 0.611. The highest BCUT2D eigenvalue weighted by Gasteiger charge is 2.33. The number of aliphatic hydroxyl groups excluding tert-OH is 1. The van der Waals surface area contributed by atoms with E-state index in [9.17, 15) is 27.9 Å². The normalized spacial score (nSPS) is 20.6. The van der Waals surface area contributed by atoms with E-state index in [0.717, 1.165) is 17.7 Å².